The molecule has 0 fully saturated rings. The number of hydrogen-bond acceptors (Lipinski definition) is 5. The van der Waals surface area contributed by atoms with Crippen LogP contribution in [-0.2, 0) is 4.79 Å². The number of aliphatic carboxylic acids is 1. The molecule has 0 heterocycles. The molecule has 0 radical (unpaired) electrons. The van der Waals surface area contributed by atoms with E-state index < -0.39 is 17.5 Å². The van der Waals surface area contributed by atoms with Crippen LogP contribution in [-0.4, -0.2) is 29.7 Å². The fourth-order valence-corrected chi connectivity index (χ4v) is 1.04. The fraction of sp³-hybridized carbons (Fsp3) is 0.222. The smallest absolute Gasteiger partial charge is 0.341 e. The van der Waals surface area contributed by atoms with Crippen molar-refractivity contribution in [2.24, 2.45) is 0 Å². The van der Waals surface area contributed by atoms with E-state index in [0.717, 1.165) is 0 Å². The first-order valence-corrected chi connectivity index (χ1v) is 4.21. The maximum atomic E-state index is 10.5. The maximum absolute atomic E-state index is 10.5. The van der Waals surface area contributed by atoms with Crippen molar-refractivity contribution < 1.29 is 24.3 Å². The van der Waals surface area contributed by atoms with E-state index in [4.69, 9.17) is 14.6 Å². The third-order valence-corrected chi connectivity index (χ3v) is 1.71. The number of nitro groups is 1. The Kier molecular flexibility index (Phi) is 3.65. The Labute approximate surface area is 90.4 Å². The second-order valence-electron chi connectivity index (χ2n) is 2.77. The van der Waals surface area contributed by atoms with Gasteiger partial charge in [-0.05, 0) is 6.07 Å². The Morgan fingerprint density at radius 2 is 2.25 bits per heavy atom. The molecule has 1 aromatic carbocycles. The highest BCUT2D eigenvalue weighted by Crippen LogP contribution is 2.30. The Morgan fingerprint density at radius 1 is 1.56 bits per heavy atom. The summed E-state index contributed by atoms with van der Waals surface area (Å²) < 4.78 is 9.63. The molecular weight excluding hydrogens is 218 g/mol. The second-order valence-corrected chi connectivity index (χ2v) is 2.77. The highest BCUT2D eigenvalue weighted by Gasteiger charge is 2.15. The summed E-state index contributed by atoms with van der Waals surface area (Å²) >= 11 is 0. The number of carboxylic acids is 1. The second kappa shape index (κ2) is 4.96. The lowest BCUT2D eigenvalue weighted by molar-refractivity contribution is -0.385. The van der Waals surface area contributed by atoms with E-state index in [2.05, 4.69) is 0 Å². The van der Waals surface area contributed by atoms with E-state index in [9.17, 15) is 14.9 Å². The summed E-state index contributed by atoms with van der Waals surface area (Å²) in [4.78, 5) is 20.2. The average molecular weight is 227 g/mol. The summed E-state index contributed by atoms with van der Waals surface area (Å²) in [7, 11) is 1.28. The molecule has 7 heteroatoms. The molecular formula is C9H9NO6. The van der Waals surface area contributed by atoms with Crippen molar-refractivity contribution in [2.45, 2.75) is 0 Å². The minimum Gasteiger partial charge on any atom is -0.490 e. The zero-order valence-corrected chi connectivity index (χ0v) is 8.37. The number of carboxylic acid groups (broad SMARTS) is 1. The molecule has 7 nitrogen and oxygen atoms in total. The quantitative estimate of drug-likeness (QED) is 0.596. The normalized spacial score (nSPS) is 9.56. The number of benzene rings is 1. The lowest BCUT2D eigenvalue weighted by Gasteiger charge is -2.05. The summed E-state index contributed by atoms with van der Waals surface area (Å²) in [6.07, 6.45) is 0. The Bertz CT molecular complexity index is 416. The van der Waals surface area contributed by atoms with Crippen molar-refractivity contribution >= 4 is 11.7 Å². The van der Waals surface area contributed by atoms with Crippen molar-refractivity contribution in [2.75, 3.05) is 13.7 Å². The average Bonchev–Trinajstić information content (AvgIpc) is 2.25. The molecule has 0 atom stereocenters. The molecule has 0 bridgehead atoms. The van der Waals surface area contributed by atoms with Crippen LogP contribution in [0.15, 0.2) is 18.2 Å². The van der Waals surface area contributed by atoms with Gasteiger partial charge in [0.15, 0.2) is 6.61 Å². The highest BCUT2D eigenvalue weighted by atomic mass is 16.6. The summed E-state index contributed by atoms with van der Waals surface area (Å²) in [6, 6.07) is 3.76. The SMILES string of the molecule is COc1cc(OCC(=O)O)ccc1[N+](=O)[O-]. The molecule has 0 saturated heterocycles. The molecule has 86 valence electrons. The van der Waals surface area contributed by atoms with Gasteiger partial charge in [-0.2, -0.15) is 0 Å². The minimum absolute atomic E-state index is 0.0212. The minimum atomic E-state index is -1.13. The lowest BCUT2D eigenvalue weighted by atomic mass is 10.3. The van der Waals surface area contributed by atoms with Gasteiger partial charge in [0.1, 0.15) is 5.75 Å². The Hall–Kier alpha value is -2.31. The first kappa shape index (κ1) is 11.8. The number of hydrogen-bond donors (Lipinski definition) is 1. The number of ether oxygens (including phenoxy) is 2. The molecule has 1 rings (SSSR count). The molecule has 0 aliphatic carbocycles. The molecule has 0 spiro atoms. The number of nitrogens with zero attached hydrogens (tertiary/aromatic N) is 1. The first-order valence-electron chi connectivity index (χ1n) is 4.21. The van der Waals surface area contributed by atoms with Gasteiger partial charge in [-0.3, -0.25) is 10.1 Å². The molecule has 0 unspecified atom stereocenters. The van der Waals surface area contributed by atoms with Gasteiger partial charge in [0, 0.05) is 12.1 Å². The molecule has 0 aromatic heterocycles. The van der Waals surface area contributed by atoms with E-state index in [0.29, 0.717) is 0 Å². The first-order chi connectivity index (χ1) is 7.54. The topological polar surface area (TPSA) is 98.9 Å². The Morgan fingerprint density at radius 3 is 2.75 bits per heavy atom. The largest absolute Gasteiger partial charge is 0.490 e. The lowest BCUT2D eigenvalue weighted by Crippen LogP contribution is -2.09. The standard InChI is InChI=1S/C9H9NO6/c1-15-8-4-6(16-5-9(11)12)2-3-7(8)10(13)14/h2-4H,5H2,1H3,(H,11,12). The van der Waals surface area contributed by atoms with Crippen LogP contribution >= 0.6 is 0 Å². The van der Waals surface area contributed by atoms with Gasteiger partial charge >= 0.3 is 11.7 Å². The van der Waals surface area contributed by atoms with E-state index in [1.807, 2.05) is 0 Å². The van der Waals surface area contributed by atoms with Gasteiger partial charge in [0.25, 0.3) is 0 Å². The summed E-state index contributed by atoms with van der Waals surface area (Å²) in [6.45, 7) is -0.513. The number of rotatable bonds is 5. The van der Waals surface area contributed by atoms with Gasteiger partial charge in [-0.15, -0.1) is 0 Å². The van der Waals surface area contributed by atoms with Crippen LogP contribution in [0, 0.1) is 10.1 Å². The van der Waals surface area contributed by atoms with Gasteiger partial charge < -0.3 is 14.6 Å². The van der Waals surface area contributed by atoms with E-state index in [-0.39, 0.29) is 17.2 Å². The van der Waals surface area contributed by atoms with Crippen molar-refractivity contribution in [3.05, 3.63) is 28.3 Å². The predicted molar refractivity (Wildman–Crippen MR) is 52.8 cm³/mol. The van der Waals surface area contributed by atoms with Gasteiger partial charge in [0.2, 0.25) is 5.75 Å². The summed E-state index contributed by atoms with van der Waals surface area (Å²) in [5.74, 6) is -0.907. The van der Waals surface area contributed by atoms with Gasteiger partial charge in [0.05, 0.1) is 12.0 Å². The van der Waals surface area contributed by atoms with Crippen molar-refractivity contribution in [1.29, 1.82) is 0 Å². The zero-order chi connectivity index (χ0) is 12.1. The summed E-state index contributed by atoms with van der Waals surface area (Å²) in [5.41, 5.74) is -0.204. The molecule has 16 heavy (non-hydrogen) atoms. The monoisotopic (exact) mass is 227 g/mol. The molecule has 0 aliphatic rings. The van der Waals surface area contributed by atoms with E-state index in [1.54, 1.807) is 0 Å². The van der Waals surface area contributed by atoms with Crippen LogP contribution in [0.2, 0.25) is 0 Å². The van der Waals surface area contributed by atoms with Crippen LogP contribution in [0.25, 0.3) is 0 Å². The molecule has 0 saturated carbocycles. The van der Waals surface area contributed by atoms with Crippen LogP contribution < -0.4 is 9.47 Å². The molecule has 0 aliphatic heterocycles. The third kappa shape index (κ3) is 2.84. The van der Waals surface area contributed by atoms with Crippen molar-refractivity contribution in [3.63, 3.8) is 0 Å². The number of methoxy groups -OCH3 is 1. The van der Waals surface area contributed by atoms with Crippen LogP contribution in [0.1, 0.15) is 0 Å². The van der Waals surface area contributed by atoms with Crippen LogP contribution in [0.4, 0.5) is 5.69 Å². The zero-order valence-electron chi connectivity index (χ0n) is 8.37. The number of carbonyl (C=O) groups is 1. The Balaban J connectivity index is 2.90. The van der Waals surface area contributed by atoms with E-state index in [1.165, 1.54) is 25.3 Å². The van der Waals surface area contributed by atoms with Crippen LogP contribution in [0.5, 0.6) is 11.5 Å². The molecule has 0 amide bonds. The highest BCUT2D eigenvalue weighted by molar-refractivity contribution is 5.68. The maximum Gasteiger partial charge on any atom is 0.341 e. The van der Waals surface area contributed by atoms with Gasteiger partial charge in [-0.1, -0.05) is 0 Å². The predicted octanol–water partition coefficient (Wildman–Crippen LogP) is 1.07. The van der Waals surface area contributed by atoms with Crippen molar-refractivity contribution in [1.82, 2.24) is 0 Å². The number of nitro benzene ring substituents is 1. The van der Waals surface area contributed by atoms with Gasteiger partial charge in [-0.25, -0.2) is 4.79 Å². The van der Waals surface area contributed by atoms with Crippen LogP contribution in [0.3, 0.4) is 0 Å². The summed E-state index contributed by atoms with van der Waals surface area (Å²) in [5, 5.41) is 18.9. The fourth-order valence-electron chi connectivity index (χ4n) is 1.04. The third-order valence-electron chi connectivity index (χ3n) is 1.71. The van der Waals surface area contributed by atoms with E-state index >= 15 is 0 Å². The van der Waals surface area contributed by atoms with Crippen molar-refractivity contribution in [3.8, 4) is 11.5 Å². The molecule has 1 N–H and O–H groups in total. The molecule has 1 aromatic rings.